The molecule has 1 aliphatic carbocycles. The van der Waals surface area contributed by atoms with Gasteiger partial charge in [0, 0.05) is 25.7 Å². The molecule has 3 aliphatic rings. The molecule has 2 aliphatic heterocycles. The zero-order valence-electron chi connectivity index (χ0n) is 15.2. The smallest absolute Gasteiger partial charge is 0.220 e. The number of aliphatic imine (C=N–C) groups is 2. The van der Waals surface area contributed by atoms with Gasteiger partial charge in [0.15, 0.2) is 0 Å². The monoisotopic (exact) mass is 354 g/mol. The third-order valence-corrected chi connectivity index (χ3v) is 5.76. The number of anilines is 1. The van der Waals surface area contributed by atoms with Crippen LogP contribution in [0.2, 0.25) is 0 Å². The molecule has 1 saturated carbocycles. The summed E-state index contributed by atoms with van der Waals surface area (Å²) in [5.74, 6) is 0.779. The van der Waals surface area contributed by atoms with Crippen LogP contribution in [0.25, 0.3) is 0 Å². The first-order chi connectivity index (χ1) is 12.5. The van der Waals surface area contributed by atoms with Crippen LogP contribution in [0.3, 0.4) is 0 Å². The predicted octanol–water partition coefficient (Wildman–Crippen LogP) is 1.70. The first-order valence-electron chi connectivity index (χ1n) is 9.36. The Balaban J connectivity index is 1.73. The largest absolute Gasteiger partial charge is 0.369 e. The molecule has 0 atom stereocenters. The molecule has 0 radical (unpaired) electrons. The Morgan fingerprint density at radius 2 is 1.92 bits per heavy atom. The molecule has 1 aromatic carbocycles. The Morgan fingerprint density at radius 1 is 1.15 bits per heavy atom. The lowest BCUT2D eigenvalue weighted by Gasteiger charge is -2.46. The van der Waals surface area contributed by atoms with E-state index in [9.17, 15) is 4.79 Å². The number of amides is 1. The third-order valence-electron chi connectivity index (χ3n) is 5.76. The molecule has 26 heavy (non-hydrogen) atoms. The molecule has 138 valence electrons. The summed E-state index contributed by atoms with van der Waals surface area (Å²) in [5, 5.41) is 0. The highest BCUT2D eigenvalue weighted by atomic mass is 16.2. The van der Waals surface area contributed by atoms with Crippen LogP contribution in [-0.2, 0) is 17.8 Å². The number of rotatable bonds is 1. The summed E-state index contributed by atoms with van der Waals surface area (Å²) in [4.78, 5) is 24.7. The Morgan fingerprint density at radius 3 is 2.65 bits per heavy atom. The number of hydrogen-bond acceptors (Lipinski definition) is 6. The highest BCUT2D eigenvalue weighted by Crippen LogP contribution is 2.40. The van der Waals surface area contributed by atoms with Gasteiger partial charge in [-0.3, -0.25) is 9.69 Å². The van der Waals surface area contributed by atoms with E-state index in [2.05, 4.69) is 28.1 Å². The van der Waals surface area contributed by atoms with Crippen LogP contribution in [0.4, 0.5) is 5.69 Å². The second-order valence-corrected chi connectivity index (χ2v) is 7.46. The fourth-order valence-corrected chi connectivity index (χ4v) is 4.45. The van der Waals surface area contributed by atoms with Crippen molar-refractivity contribution in [3.63, 3.8) is 0 Å². The minimum Gasteiger partial charge on any atom is -0.369 e. The second-order valence-electron chi connectivity index (χ2n) is 7.46. The zero-order valence-corrected chi connectivity index (χ0v) is 15.2. The van der Waals surface area contributed by atoms with Crippen LogP contribution >= 0.6 is 0 Å². The Kier molecular flexibility index (Phi) is 4.09. The van der Waals surface area contributed by atoms with Crippen LogP contribution < -0.4 is 16.4 Å². The highest BCUT2D eigenvalue weighted by Gasteiger charge is 2.42. The van der Waals surface area contributed by atoms with Crippen molar-refractivity contribution < 1.29 is 4.79 Å². The molecule has 7 heteroatoms. The van der Waals surface area contributed by atoms with E-state index in [1.165, 1.54) is 17.5 Å². The summed E-state index contributed by atoms with van der Waals surface area (Å²) in [6.45, 7) is 3.04. The maximum absolute atomic E-state index is 11.8. The molecular weight excluding hydrogens is 328 g/mol. The molecule has 7 nitrogen and oxygen atoms in total. The zero-order chi connectivity index (χ0) is 18.3. The number of benzene rings is 1. The molecule has 1 fully saturated rings. The molecule has 1 aromatic rings. The van der Waals surface area contributed by atoms with Gasteiger partial charge in [-0.25, -0.2) is 4.99 Å². The van der Waals surface area contributed by atoms with E-state index >= 15 is 0 Å². The highest BCUT2D eigenvalue weighted by molar-refractivity contribution is 6.05. The van der Waals surface area contributed by atoms with E-state index in [1.54, 1.807) is 6.92 Å². The quantitative estimate of drug-likeness (QED) is 0.801. The lowest BCUT2D eigenvalue weighted by atomic mass is 9.87. The van der Waals surface area contributed by atoms with Gasteiger partial charge in [0.1, 0.15) is 5.66 Å². The molecule has 0 aromatic heterocycles. The Labute approximate surface area is 153 Å². The molecule has 1 spiro atoms. The average molecular weight is 354 g/mol. The van der Waals surface area contributed by atoms with E-state index in [1.807, 2.05) is 4.90 Å². The van der Waals surface area contributed by atoms with Crippen molar-refractivity contribution in [3.05, 3.63) is 29.3 Å². The minimum atomic E-state index is -0.433. The number of nitrogens with zero attached hydrogens (tertiary/aromatic N) is 4. The van der Waals surface area contributed by atoms with Crippen LogP contribution in [0.5, 0.6) is 0 Å². The van der Waals surface area contributed by atoms with Crippen molar-refractivity contribution in [3.8, 4) is 0 Å². The van der Waals surface area contributed by atoms with Crippen LogP contribution in [0.15, 0.2) is 28.2 Å². The fourth-order valence-electron chi connectivity index (χ4n) is 4.45. The topological polar surface area (TPSA) is 100 Å². The van der Waals surface area contributed by atoms with Crippen LogP contribution in [0.1, 0.15) is 50.2 Å². The molecule has 0 saturated heterocycles. The van der Waals surface area contributed by atoms with E-state index in [0.29, 0.717) is 12.5 Å². The number of guanidine groups is 2. The molecule has 0 unspecified atom stereocenters. The number of nitrogens with two attached hydrogens (primary N) is 2. The van der Waals surface area contributed by atoms with E-state index < -0.39 is 5.66 Å². The molecule has 0 bridgehead atoms. The maximum Gasteiger partial charge on any atom is 0.220 e. The van der Waals surface area contributed by atoms with Crippen molar-refractivity contribution in [2.45, 2.75) is 57.7 Å². The van der Waals surface area contributed by atoms with Gasteiger partial charge in [-0.05, 0) is 55.4 Å². The lowest BCUT2D eigenvalue weighted by molar-refractivity contribution is -0.129. The van der Waals surface area contributed by atoms with E-state index in [0.717, 1.165) is 44.3 Å². The van der Waals surface area contributed by atoms with Gasteiger partial charge in [-0.2, -0.15) is 4.99 Å². The van der Waals surface area contributed by atoms with Gasteiger partial charge < -0.3 is 16.4 Å². The molecule has 4 rings (SSSR count). The van der Waals surface area contributed by atoms with Gasteiger partial charge in [0.25, 0.3) is 0 Å². The molecule has 4 N–H and O–H groups in total. The van der Waals surface area contributed by atoms with Crippen LogP contribution in [0, 0.1) is 0 Å². The van der Waals surface area contributed by atoms with Gasteiger partial charge in [0.05, 0.1) is 0 Å². The molecule has 2 heterocycles. The summed E-state index contributed by atoms with van der Waals surface area (Å²) in [5.41, 5.74) is 15.3. The Hall–Kier alpha value is -2.57. The average Bonchev–Trinajstić information content (AvgIpc) is 2.61. The number of hydrogen-bond donors (Lipinski definition) is 2. The van der Waals surface area contributed by atoms with Gasteiger partial charge in [0.2, 0.25) is 17.8 Å². The summed E-state index contributed by atoms with van der Waals surface area (Å²) in [7, 11) is 0. The molecule has 1 amide bonds. The number of carbonyl (C=O) groups excluding carboxylic acids is 1. The van der Waals surface area contributed by atoms with Crippen molar-refractivity contribution in [1.82, 2.24) is 4.90 Å². The van der Waals surface area contributed by atoms with Gasteiger partial charge >= 0.3 is 0 Å². The third kappa shape index (κ3) is 2.81. The van der Waals surface area contributed by atoms with E-state index in [4.69, 9.17) is 16.5 Å². The van der Waals surface area contributed by atoms with Crippen molar-refractivity contribution >= 4 is 23.5 Å². The van der Waals surface area contributed by atoms with Gasteiger partial charge in [-0.15, -0.1) is 0 Å². The normalized spacial score (nSPS) is 21.9. The number of fused-ring (bicyclic) bond motifs is 1. The van der Waals surface area contributed by atoms with Gasteiger partial charge in [-0.1, -0.05) is 12.5 Å². The SMILES string of the molecule is CC(=O)N1CCc2ccc(N3C(N)=NC(N)=NC34CCCCC4)cc2C1. The standard InChI is InChI=1S/C19H26N6O/c1-13(26)24-10-7-14-5-6-16(11-15(14)12-24)25-18(21)22-17(20)23-19(25)8-3-2-4-9-19/h5-6,11H,2-4,7-10,12H2,1H3,(H4,20,21,22,23). The summed E-state index contributed by atoms with van der Waals surface area (Å²) in [6.07, 6.45) is 6.13. The summed E-state index contributed by atoms with van der Waals surface area (Å²) >= 11 is 0. The first kappa shape index (κ1) is 16.9. The molecular formula is C19H26N6O. The minimum absolute atomic E-state index is 0.112. The second kappa shape index (κ2) is 6.30. The van der Waals surface area contributed by atoms with Crippen molar-refractivity contribution in [2.75, 3.05) is 11.4 Å². The van der Waals surface area contributed by atoms with E-state index in [-0.39, 0.29) is 11.9 Å². The van der Waals surface area contributed by atoms with Crippen LogP contribution in [-0.4, -0.2) is 34.9 Å². The maximum atomic E-state index is 11.8. The summed E-state index contributed by atoms with van der Waals surface area (Å²) < 4.78 is 0. The number of carbonyl (C=O) groups is 1. The van der Waals surface area contributed by atoms with Crippen molar-refractivity contribution in [2.24, 2.45) is 21.5 Å². The predicted molar refractivity (Wildman–Crippen MR) is 103 cm³/mol. The lowest BCUT2D eigenvalue weighted by Crippen LogP contribution is -2.58. The summed E-state index contributed by atoms with van der Waals surface area (Å²) in [6, 6.07) is 6.38. The van der Waals surface area contributed by atoms with Crippen molar-refractivity contribution in [1.29, 1.82) is 0 Å². The fraction of sp³-hybridized carbons (Fsp3) is 0.526. The first-order valence-corrected chi connectivity index (χ1v) is 9.36. The Bertz CT molecular complexity index is 793.